The van der Waals surface area contributed by atoms with E-state index in [0.717, 1.165) is 30.3 Å². The number of halogens is 4. The summed E-state index contributed by atoms with van der Waals surface area (Å²) in [6.45, 7) is 0. The Labute approximate surface area is 94.5 Å². The number of benzene rings is 2. The predicted molar refractivity (Wildman–Crippen MR) is 56.1 cm³/mol. The molecular weight excluding hydrogens is 234 g/mol. The first-order valence-electron chi connectivity index (χ1n) is 4.69. The van der Waals surface area contributed by atoms with Gasteiger partial charge in [0.2, 0.25) is 0 Å². The molecule has 2 rings (SSSR count). The highest BCUT2D eigenvalue weighted by molar-refractivity contribution is 5.66. The van der Waals surface area contributed by atoms with Crippen molar-refractivity contribution in [2.24, 2.45) is 0 Å². The van der Waals surface area contributed by atoms with Crippen molar-refractivity contribution < 1.29 is 17.6 Å². The van der Waals surface area contributed by atoms with Crippen molar-refractivity contribution in [2.75, 3.05) is 5.73 Å². The molecule has 1 nitrogen and oxygen atoms in total. The molecule has 0 aliphatic carbocycles. The molecular formula is C12H7F4N. The van der Waals surface area contributed by atoms with Gasteiger partial charge in [0.15, 0.2) is 11.6 Å². The molecule has 0 fully saturated rings. The van der Waals surface area contributed by atoms with E-state index in [4.69, 9.17) is 5.73 Å². The minimum Gasteiger partial charge on any atom is -0.396 e. The van der Waals surface area contributed by atoms with Crippen LogP contribution in [0.15, 0.2) is 30.3 Å². The third-order valence-electron chi connectivity index (χ3n) is 2.32. The van der Waals surface area contributed by atoms with Crippen LogP contribution >= 0.6 is 0 Å². The highest BCUT2D eigenvalue weighted by Crippen LogP contribution is 2.27. The van der Waals surface area contributed by atoms with E-state index in [1.807, 2.05) is 0 Å². The van der Waals surface area contributed by atoms with Crippen molar-refractivity contribution in [3.8, 4) is 11.1 Å². The van der Waals surface area contributed by atoms with E-state index >= 15 is 0 Å². The topological polar surface area (TPSA) is 26.0 Å². The zero-order valence-corrected chi connectivity index (χ0v) is 8.48. The molecule has 2 N–H and O–H groups in total. The first-order chi connectivity index (χ1) is 7.99. The standard InChI is InChI=1S/C12H7F4N/c13-8-2-1-6(3-10(8)15)7-4-11(16)12(17)5-9(7)14/h1-5H,17H2. The van der Waals surface area contributed by atoms with Gasteiger partial charge in [-0.2, -0.15) is 0 Å². The third kappa shape index (κ3) is 2.08. The van der Waals surface area contributed by atoms with E-state index in [-0.39, 0.29) is 16.8 Å². The first-order valence-corrected chi connectivity index (χ1v) is 4.69. The molecule has 0 atom stereocenters. The van der Waals surface area contributed by atoms with E-state index in [0.29, 0.717) is 0 Å². The number of anilines is 1. The summed E-state index contributed by atoms with van der Waals surface area (Å²) in [7, 11) is 0. The Morgan fingerprint density at radius 1 is 0.706 bits per heavy atom. The van der Waals surface area contributed by atoms with Gasteiger partial charge in [0, 0.05) is 11.6 Å². The maximum absolute atomic E-state index is 13.5. The summed E-state index contributed by atoms with van der Waals surface area (Å²) >= 11 is 0. The van der Waals surface area contributed by atoms with Gasteiger partial charge in [0.05, 0.1) is 5.69 Å². The monoisotopic (exact) mass is 241 g/mol. The van der Waals surface area contributed by atoms with Crippen molar-refractivity contribution in [1.82, 2.24) is 0 Å². The molecule has 0 radical (unpaired) electrons. The number of nitrogens with two attached hydrogens (primary N) is 1. The second-order valence-corrected chi connectivity index (χ2v) is 3.48. The van der Waals surface area contributed by atoms with Crippen LogP contribution < -0.4 is 5.73 Å². The molecule has 2 aromatic carbocycles. The van der Waals surface area contributed by atoms with Crippen LogP contribution in [-0.2, 0) is 0 Å². The number of hydrogen-bond acceptors (Lipinski definition) is 1. The molecule has 0 saturated carbocycles. The van der Waals surface area contributed by atoms with Crippen LogP contribution in [0, 0.1) is 23.3 Å². The van der Waals surface area contributed by atoms with Crippen LogP contribution in [0.4, 0.5) is 23.2 Å². The van der Waals surface area contributed by atoms with Crippen molar-refractivity contribution in [2.45, 2.75) is 0 Å². The molecule has 0 aliphatic rings. The lowest BCUT2D eigenvalue weighted by Gasteiger charge is -2.06. The molecule has 0 amide bonds. The summed E-state index contributed by atoms with van der Waals surface area (Å²) in [5.74, 6) is -3.79. The average Bonchev–Trinajstić information content (AvgIpc) is 2.27. The minimum absolute atomic E-state index is 0.0419. The number of nitrogen functional groups attached to an aromatic ring is 1. The highest BCUT2D eigenvalue weighted by atomic mass is 19.2. The summed E-state index contributed by atoms with van der Waals surface area (Å²) in [5, 5.41) is 0. The molecule has 0 heterocycles. The molecule has 5 heteroatoms. The van der Waals surface area contributed by atoms with E-state index in [1.165, 1.54) is 0 Å². The van der Waals surface area contributed by atoms with E-state index in [2.05, 4.69) is 0 Å². The molecule has 88 valence electrons. The number of rotatable bonds is 1. The Bertz CT molecular complexity index is 581. The summed E-state index contributed by atoms with van der Waals surface area (Å²) in [5.41, 5.74) is 4.70. The lowest BCUT2D eigenvalue weighted by atomic mass is 10.0. The maximum Gasteiger partial charge on any atom is 0.159 e. The maximum atomic E-state index is 13.5. The Morgan fingerprint density at radius 2 is 1.41 bits per heavy atom. The summed E-state index contributed by atoms with van der Waals surface area (Å²) in [4.78, 5) is 0. The third-order valence-corrected chi connectivity index (χ3v) is 2.32. The lowest BCUT2D eigenvalue weighted by Crippen LogP contribution is -1.95. The number of hydrogen-bond donors (Lipinski definition) is 1. The molecule has 17 heavy (non-hydrogen) atoms. The van der Waals surface area contributed by atoms with Crippen LogP contribution in [0.25, 0.3) is 11.1 Å². The molecule has 0 saturated heterocycles. The molecule has 0 aliphatic heterocycles. The van der Waals surface area contributed by atoms with Crippen LogP contribution in [0.1, 0.15) is 0 Å². The van der Waals surface area contributed by atoms with E-state index in [9.17, 15) is 17.6 Å². The van der Waals surface area contributed by atoms with Crippen LogP contribution in [0.5, 0.6) is 0 Å². The molecule has 0 bridgehead atoms. The second-order valence-electron chi connectivity index (χ2n) is 3.48. The fourth-order valence-corrected chi connectivity index (χ4v) is 1.45. The minimum atomic E-state index is -1.13. The smallest absolute Gasteiger partial charge is 0.159 e. The van der Waals surface area contributed by atoms with Crippen molar-refractivity contribution in [1.29, 1.82) is 0 Å². The van der Waals surface area contributed by atoms with Gasteiger partial charge in [-0.25, -0.2) is 17.6 Å². The summed E-state index contributed by atoms with van der Waals surface area (Å²) in [6.07, 6.45) is 0. The first kappa shape index (κ1) is 11.4. The second kappa shape index (κ2) is 4.08. The normalized spacial score (nSPS) is 10.6. The Hall–Kier alpha value is -2.04. The summed E-state index contributed by atoms with van der Waals surface area (Å²) < 4.78 is 52.3. The van der Waals surface area contributed by atoms with Gasteiger partial charge in [-0.3, -0.25) is 0 Å². The Kier molecular flexibility index (Phi) is 2.75. The molecule has 0 unspecified atom stereocenters. The average molecular weight is 241 g/mol. The molecule has 0 spiro atoms. The molecule has 2 aromatic rings. The van der Waals surface area contributed by atoms with Crippen LogP contribution in [-0.4, -0.2) is 0 Å². The fraction of sp³-hybridized carbons (Fsp3) is 0. The van der Waals surface area contributed by atoms with Gasteiger partial charge < -0.3 is 5.73 Å². The SMILES string of the molecule is Nc1cc(F)c(-c2ccc(F)c(F)c2)cc1F. The quantitative estimate of drug-likeness (QED) is 0.600. The zero-order chi connectivity index (χ0) is 12.6. The zero-order valence-electron chi connectivity index (χ0n) is 8.48. The van der Waals surface area contributed by atoms with Crippen LogP contribution in [0.2, 0.25) is 0 Å². The van der Waals surface area contributed by atoms with Crippen molar-refractivity contribution >= 4 is 5.69 Å². The van der Waals surface area contributed by atoms with Gasteiger partial charge in [-0.15, -0.1) is 0 Å². The van der Waals surface area contributed by atoms with Gasteiger partial charge in [-0.05, 0) is 23.8 Å². The Morgan fingerprint density at radius 3 is 2.06 bits per heavy atom. The highest BCUT2D eigenvalue weighted by Gasteiger charge is 2.11. The van der Waals surface area contributed by atoms with Gasteiger partial charge >= 0.3 is 0 Å². The van der Waals surface area contributed by atoms with E-state index < -0.39 is 23.3 Å². The van der Waals surface area contributed by atoms with Crippen molar-refractivity contribution in [3.63, 3.8) is 0 Å². The van der Waals surface area contributed by atoms with Gasteiger partial charge in [-0.1, -0.05) is 6.07 Å². The van der Waals surface area contributed by atoms with Crippen LogP contribution in [0.3, 0.4) is 0 Å². The van der Waals surface area contributed by atoms with Crippen molar-refractivity contribution in [3.05, 3.63) is 53.6 Å². The largest absolute Gasteiger partial charge is 0.396 e. The predicted octanol–water partition coefficient (Wildman–Crippen LogP) is 3.49. The molecule has 0 aromatic heterocycles. The van der Waals surface area contributed by atoms with Gasteiger partial charge in [0.25, 0.3) is 0 Å². The van der Waals surface area contributed by atoms with E-state index in [1.54, 1.807) is 0 Å². The lowest BCUT2D eigenvalue weighted by molar-refractivity contribution is 0.509. The fourth-order valence-electron chi connectivity index (χ4n) is 1.45. The van der Waals surface area contributed by atoms with Gasteiger partial charge in [0.1, 0.15) is 11.6 Å². The Balaban J connectivity index is 2.60. The summed E-state index contributed by atoms with van der Waals surface area (Å²) in [6, 6.07) is 4.44.